The molecule has 1 aromatic heterocycles. The number of hydrogen-bond donors (Lipinski definition) is 0. The summed E-state index contributed by atoms with van der Waals surface area (Å²) in [5.41, 5.74) is 0.813. The first kappa shape index (κ1) is 19.9. The van der Waals surface area contributed by atoms with Crippen LogP contribution in [0, 0.1) is 5.82 Å². The van der Waals surface area contributed by atoms with Gasteiger partial charge < -0.3 is 9.30 Å². The number of methoxy groups -OCH3 is 1. The zero-order chi connectivity index (χ0) is 20.6. The Hall–Kier alpha value is -2.83. The van der Waals surface area contributed by atoms with E-state index >= 15 is 0 Å². The number of alkyl halides is 3. The Bertz CT molecular complexity index is 1030. The molecule has 0 bridgehead atoms. The Labute approximate surface area is 159 Å². The van der Waals surface area contributed by atoms with Gasteiger partial charge in [-0.15, -0.1) is 0 Å². The first-order chi connectivity index (χ1) is 13.1. The number of benzene rings is 2. The van der Waals surface area contributed by atoms with Crippen LogP contribution in [-0.4, -0.2) is 17.6 Å². The lowest BCUT2D eigenvalue weighted by atomic mass is 10.0. The lowest BCUT2D eigenvalue weighted by Crippen LogP contribution is -2.12. The second-order valence-corrected chi connectivity index (χ2v) is 6.84. The van der Waals surface area contributed by atoms with E-state index in [1.807, 2.05) is 18.4 Å². The number of carbonyl (C=O) groups excluding carboxylic acids is 1. The molecule has 0 radical (unpaired) electrons. The van der Waals surface area contributed by atoms with Crippen molar-refractivity contribution in [2.45, 2.75) is 32.5 Å². The number of ether oxygens (including phenoxy) is 1. The Morgan fingerprint density at radius 2 is 1.82 bits per heavy atom. The Kier molecular flexibility index (Phi) is 5.19. The molecule has 148 valence electrons. The van der Waals surface area contributed by atoms with Gasteiger partial charge in [-0.3, -0.25) is 0 Å². The molecule has 0 saturated carbocycles. The number of carbonyl (C=O) groups is 1. The minimum Gasteiger partial charge on any atom is -0.465 e. The standard InChI is InChI=1S/C21H19F4NO2/c1-12(2)26-17(9-13-4-6-16(22)11-18(13)21(23,24)25)10-15-8-14(20(27)28-3)5-7-19(15)26/h4-8,10-12H,9H2,1-3H3. The topological polar surface area (TPSA) is 31.2 Å². The molecule has 2 aromatic carbocycles. The van der Waals surface area contributed by atoms with Crippen molar-refractivity contribution >= 4 is 16.9 Å². The predicted octanol–water partition coefficient (Wildman–Crippen LogP) is 5.76. The highest BCUT2D eigenvalue weighted by atomic mass is 19.4. The van der Waals surface area contributed by atoms with Crippen LogP contribution in [0.2, 0.25) is 0 Å². The molecule has 0 aliphatic heterocycles. The minimum atomic E-state index is -4.65. The van der Waals surface area contributed by atoms with Crippen LogP contribution < -0.4 is 0 Å². The number of rotatable bonds is 4. The van der Waals surface area contributed by atoms with Gasteiger partial charge in [-0.05, 0) is 55.8 Å². The fraction of sp³-hybridized carbons (Fsp3) is 0.286. The molecule has 3 aromatic rings. The molecule has 0 amide bonds. The van der Waals surface area contributed by atoms with E-state index in [2.05, 4.69) is 0 Å². The lowest BCUT2D eigenvalue weighted by molar-refractivity contribution is -0.138. The predicted molar refractivity (Wildman–Crippen MR) is 97.9 cm³/mol. The van der Waals surface area contributed by atoms with Gasteiger partial charge in [0.05, 0.1) is 18.2 Å². The number of nitrogens with zero attached hydrogens (tertiary/aromatic N) is 1. The summed E-state index contributed by atoms with van der Waals surface area (Å²) in [5.74, 6) is -1.41. The van der Waals surface area contributed by atoms with Crippen LogP contribution >= 0.6 is 0 Å². The highest BCUT2D eigenvalue weighted by Gasteiger charge is 2.34. The fourth-order valence-corrected chi connectivity index (χ4v) is 3.45. The molecule has 3 rings (SSSR count). The third-order valence-corrected chi connectivity index (χ3v) is 4.60. The van der Waals surface area contributed by atoms with E-state index in [1.165, 1.54) is 13.2 Å². The molecule has 0 unspecified atom stereocenters. The lowest BCUT2D eigenvalue weighted by Gasteiger charge is -2.17. The molecule has 0 aliphatic carbocycles. The van der Waals surface area contributed by atoms with Crippen LogP contribution in [0.1, 0.15) is 47.1 Å². The third kappa shape index (κ3) is 3.74. The van der Waals surface area contributed by atoms with Gasteiger partial charge in [0.25, 0.3) is 0 Å². The maximum Gasteiger partial charge on any atom is 0.416 e. The van der Waals surface area contributed by atoms with Gasteiger partial charge in [0.1, 0.15) is 5.82 Å². The van der Waals surface area contributed by atoms with Gasteiger partial charge in [0.15, 0.2) is 0 Å². The van der Waals surface area contributed by atoms with E-state index in [9.17, 15) is 22.4 Å². The van der Waals surface area contributed by atoms with E-state index < -0.39 is 23.5 Å². The summed E-state index contributed by atoms with van der Waals surface area (Å²) in [6.07, 6.45) is -4.67. The molecule has 0 fully saturated rings. The highest BCUT2D eigenvalue weighted by molar-refractivity contribution is 5.95. The molecule has 0 saturated heterocycles. The third-order valence-electron chi connectivity index (χ3n) is 4.60. The molecule has 7 heteroatoms. The average molecular weight is 393 g/mol. The zero-order valence-corrected chi connectivity index (χ0v) is 15.6. The van der Waals surface area contributed by atoms with Crippen LogP contribution in [0.4, 0.5) is 17.6 Å². The summed E-state index contributed by atoms with van der Waals surface area (Å²) in [6.45, 7) is 3.85. The van der Waals surface area contributed by atoms with Crippen LogP contribution in [0.5, 0.6) is 0 Å². The van der Waals surface area contributed by atoms with Crippen molar-refractivity contribution < 1.29 is 27.1 Å². The largest absolute Gasteiger partial charge is 0.465 e. The van der Waals surface area contributed by atoms with E-state index in [0.717, 1.165) is 17.0 Å². The Morgan fingerprint density at radius 1 is 1.11 bits per heavy atom. The van der Waals surface area contributed by atoms with Gasteiger partial charge in [-0.25, -0.2) is 9.18 Å². The number of hydrogen-bond acceptors (Lipinski definition) is 2. The first-order valence-corrected chi connectivity index (χ1v) is 8.69. The molecule has 0 spiro atoms. The van der Waals surface area contributed by atoms with Gasteiger partial charge in [-0.1, -0.05) is 6.07 Å². The van der Waals surface area contributed by atoms with Crippen molar-refractivity contribution in [3.8, 4) is 0 Å². The van der Waals surface area contributed by atoms with Crippen LogP contribution in [0.3, 0.4) is 0 Å². The van der Waals surface area contributed by atoms with Crippen molar-refractivity contribution in [2.24, 2.45) is 0 Å². The monoisotopic (exact) mass is 393 g/mol. The molecule has 0 aliphatic rings. The Balaban J connectivity index is 2.13. The summed E-state index contributed by atoms with van der Waals surface area (Å²) >= 11 is 0. The smallest absolute Gasteiger partial charge is 0.416 e. The van der Waals surface area contributed by atoms with Crippen molar-refractivity contribution in [1.29, 1.82) is 0 Å². The molecule has 0 atom stereocenters. The van der Waals surface area contributed by atoms with Crippen molar-refractivity contribution in [3.05, 3.63) is 70.7 Å². The fourth-order valence-electron chi connectivity index (χ4n) is 3.45. The van der Waals surface area contributed by atoms with E-state index in [4.69, 9.17) is 4.74 Å². The molecule has 28 heavy (non-hydrogen) atoms. The average Bonchev–Trinajstić information content (AvgIpc) is 2.98. The minimum absolute atomic E-state index is 0.00759. The van der Waals surface area contributed by atoms with E-state index in [0.29, 0.717) is 17.3 Å². The zero-order valence-electron chi connectivity index (χ0n) is 15.6. The highest BCUT2D eigenvalue weighted by Crippen LogP contribution is 2.35. The van der Waals surface area contributed by atoms with Crippen LogP contribution in [-0.2, 0) is 17.3 Å². The number of halogens is 4. The SMILES string of the molecule is COC(=O)c1ccc2c(c1)cc(Cc1ccc(F)cc1C(F)(F)F)n2C(C)C. The molecule has 1 heterocycles. The number of esters is 1. The second kappa shape index (κ2) is 7.30. The molecule has 3 nitrogen and oxygen atoms in total. The first-order valence-electron chi connectivity index (χ1n) is 8.69. The summed E-state index contributed by atoms with van der Waals surface area (Å²) in [5, 5.41) is 0.724. The van der Waals surface area contributed by atoms with Gasteiger partial charge in [0.2, 0.25) is 0 Å². The van der Waals surface area contributed by atoms with Crippen LogP contribution in [0.25, 0.3) is 10.9 Å². The van der Waals surface area contributed by atoms with Gasteiger partial charge in [-0.2, -0.15) is 13.2 Å². The summed E-state index contributed by atoms with van der Waals surface area (Å²) < 4.78 is 60.1. The van der Waals surface area contributed by atoms with Crippen molar-refractivity contribution in [1.82, 2.24) is 4.57 Å². The van der Waals surface area contributed by atoms with E-state index in [-0.39, 0.29) is 18.0 Å². The number of fused-ring (bicyclic) bond motifs is 1. The maximum absolute atomic E-state index is 13.4. The quantitative estimate of drug-likeness (QED) is 0.417. The Morgan fingerprint density at radius 3 is 2.43 bits per heavy atom. The molecular weight excluding hydrogens is 374 g/mol. The van der Waals surface area contributed by atoms with Crippen molar-refractivity contribution in [3.63, 3.8) is 0 Å². The normalized spacial score (nSPS) is 12.0. The maximum atomic E-state index is 13.4. The molecular formula is C21H19F4NO2. The van der Waals surface area contributed by atoms with Crippen molar-refractivity contribution in [2.75, 3.05) is 7.11 Å². The summed E-state index contributed by atoms with van der Waals surface area (Å²) in [6, 6.07) is 9.47. The van der Waals surface area contributed by atoms with E-state index in [1.54, 1.807) is 24.3 Å². The van der Waals surface area contributed by atoms with Gasteiger partial charge >= 0.3 is 12.1 Å². The van der Waals surface area contributed by atoms with Gasteiger partial charge in [0, 0.05) is 29.1 Å². The van der Waals surface area contributed by atoms with Crippen LogP contribution in [0.15, 0.2) is 42.5 Å². The summed E-state index contributed by atoms with van der Waals surface area (Å²) in [4.78, 5) is 11.8. The summed E-state index contributed by atoms with van der Waals surface area (Å²) in [7, 11) is 1.28. The number of aromatic nitrogens is 1. The molecule has 0 N–H and O–H groups in total. The second-order valence-electron chi connectivity index (χ2n) is 6.84.